The predicted molar refractivity (Wildman–Crippen MR) is 136 cm³/mol. The zero-order chi connectivity index (χ0) is 26.0. The van der Waals surface area contributed by atoms with Crippen LogP contribution in [-0.2, 0) is 9.53 Å². The number of hydrogen-bond donors (Lipinski definition) is 0. The molecule has 0 radical (unpaired) electrons. The normalized spacial score (nSPS) is 16.5. The number of piperidine rings is 1. The molecule has 0 amide bonds. The minimum Gasteiger partial charge on any atom is -0.493 e. The summed E-state index contributed by atoms with van der Waals surface area (Å²) in [4.78, 5) is 39.6. The van der Waals surface area contributed by atoms with Gasteiger partial charge in [-0.1, -0.05) is 18.2 Å². The number of benzene rings is 2. The second kappa shape index (κ2) is 10.6. The van der Waals surface area contributed by atoms with Gasteiger partial charge in [-0.2, -0.15) is 0 Å². The number of likely N-dealkylation sites (tertiary alicyclic amines) is 1. The molecular weight excluding hydrogens is 462 g/mol. The lowest BCUT2D eigenvalue weighted by Crippen LogP contribution is -2.45. The van der Waals surface area contributed by atoms with Gasteiger partial charge in [0, 0.05) is 39.0 Å². The van der Waals surface area contributed by atoms with Gasteiger partial charge in [0.05, 0.1) is 25.3 Å². The number of nitrogens with zero attached hydrogens (tertiary/aromatic N) is 3. The Bertz CT molecular complexity index is 1320. The third kappa shape index (κ3) is 4.75. The van der Waals surface area contributed by atoms with E-state index in [1.54, 1.807) is 30.9 Å². The van der Waals surface area contributed by atoms with Gasteiger partial charge < -0.3 is 14.2 Å². The predicted octanol–water partition coefficient (Wildman–Crippen LogP) is 3.81. The summed E-state index contributed by atoms with van der Waals surface area (Å²) in [5, 5.41) is 0. The first kappa shape index (κ1) is 25.5. The van der Waals surface area contributed by atoms with Crippen LogP contribution in [0.5, 0.6) is 11.5 Å². The smallest absolute Gasteiger partial charge is 0.336 e. The monoisotopic (exact) mass is 495 g/mol. The van der Waals surface area contributed by atoms with E-state index < -0.39 is 6.10 Å². The molecule has 2 aromatic carbocycles. The number of carbonyl (C=O) groups excluding carboxylic acids is 2. The molecule has 1 fully saturated rings. The summed E-state index contributed by atoms with van der Waals surface area (Å²) in [7, 11) is 3.15. The average molecular weight is 496 g/mol. The van der Waals surface area contributed by atoms with Crippen LogP contribution in [0.4, 0.5) is 0 Å². The van der Waals surface area contributed by atoms with Crippen LogP contribution in [0, 0.1) is 0 Å². The Morgan fingerprint density at radius 1 is 0.944 bits per heavy atom. The maximum absolute atomic E-state index is 13.2. The molecule has 192 valence electrons. The van der Waals surface area contributed by atoms with E-state index in [0.717, 1.165) is 23.9 Å². The van der Waals surface area contributed by atoms with Gasteiger partial charge in [0.25, 0.3) is 0 Å². The van der Waals surface area contributed by atoms with Gasteiger partial charge in [0.15, 0.2) is 11.5 Å². The van der Waals surface area contributed by atoms with Crippen molar-refractivity contribution in [2.75, 3.05) is 27.3 Å². The quantitative estimate of drug-likeness (QED) is 0.460. The fraction of sp³-hybridized carbons (Fsp3) is 0.444. The number of aromatic nitrogens is 2. The van der Waals surface area contributed by atoms with E-state index in [-0.39, 0.29) is 29.6 Å². The van der Waals surface area contributed by atoms with E-state index in [4.69, 9.17) is 14.2 Å². The minimum absolute atomic E-state index is 0.0281. The van der Waals surface area contributed by atoms with E-state index in [1.807, 2.05) is 37.3 Å². The number of para-hydroxylation sites is 2. The Morgan fingerprint density at radius 2 is 1.58 bits per heavy atom. The Kier molecular flexibility index (Phi) is 7.49. The van der Waals surface area contributed by atoms with E-state index >= 15 is 0 Å². The number of ether oxygens (including phenoxy) is 3. The summed E-state index contributed by atoms with van der Waals surface area (Å²) in [6.07, 6.45) is 0.963. The second-order valence-electron chi connectivity index (χ2n) is 9.15. The summed E-state index contributed by atoms with van der Waals surface area (Å²) < 4.78 is 19.6. The van der Waals surface area contributed by atoms with Crippen molar-refractivity contribution < 1.29 is 23.8 Å². The van der Waals surface area contributed by atoms with E-state index in [9.17, 15) is 14.4 Å². The highest BCUT2D eigenvalue weighted by Gasteiger charge is 2.33. The number of methoxy groups -OCH3 is 2. The molecule has 36 heavy (non-hydrogen) atoms. The van der Waals surface area contributed by atoms with Gasteiger partial charge in [-0.05, 0) is 49.6 Å². The first-order valence-electron chi connectivity index (χ1n) is 12.1. The summed E-state index contributed by atoms with van der Waals surface area (Å²) in [6.45, 7) is 6.28. The lowest BCUT2D eigenvalue weighted by molar-refractivity contribution is -0.150. The molecule has 1 aromatic heterocycles. The summed E-state index contributed by atoms with van der Waals surface area (Å²) >= 11 is 0. The van der Waals surface area contributed by atoms with Gasteiger partial charge in [-0.3, -0.25) is 19.1 Å². The zero-order valence-corrected chi connectivity index (χ0v) is 21.4. The standard InChI is InChI=1S/C27H33N3O6/c1-17(26(36-19(3)32)20-10-11-24(34-4)25(16-20)35-5)28-14-12-21(13-15-28)30-23-9-7-6-8-22(23)29(18(2)31)27(30)33/h6-11,16-17,21,26H,12-15H2,1-5H3. The zero-order valence-electron chi connectivity index (χ0n) is 21.4. The van der Waals surface area contributed by atoms with Crippen molar-refractivity contribution in [3.8, 4) is 11.5 Å². The molecule has 2 unspecified atom stereocenters. The molecule has 0 spiro atoms. The maximum Gasteiger partial charge on any atom is 0.336 e. The summed E-state index contributed by atoms with van der Waals surface area (Å²) in [6, 6.07) is 12.8. The SMILES string of the molecule is COc1ccc(C(OC(C)=O)C(C)N2CCC(n3c(=O)n(C(C)=O)c4ccccc43)CC2)cc1OC. The average Bonchev–Trinajstić information content (AvgIpc) is 3.18. The van der Waals surface area contributed by atoms with Gasteiger partial charge in [0.2, 0.25) is 5.91 Å². The fourth-order valence-electron chi connectivity index (χ4n) is 5.22. The Labute approximate surface area is 210 Å². The number of hydrogen-bond acceptors (Lipinski definition) is 7. The molecule has 9 nitrogen and oxygen atoms in total. The number of rotatable bonds is 7. The van der Waals surface area contributed by atoms with Crippen molar-refractivity contribution in [1.82, 2.24) is 14.0 Å². The molecule has 3 aromatic rings. The molecule has 2 heterocycles. The van der Waals surface area contributed by atoms with Crippen LogP contribution >= 0.6 is 0 Å². The van der Waals surface area contributed by atoms with Crippen LogP contribution in [0.2, 0.25) is 0 Å². The topological polar surface area (TPSA) is 92.0 Å². The number of imidazole rings is 1. The van der Waals surface area contributed by atoms with Crippen molar-refractivity contribution in [3.63, 3.8) is 0 Å². The highest BCUT2D eigenvalue weighted by molar-refractivity contribution is 5.89. The van der Waals surface area contributed by atoms with Gasteiger partial charge >= 0.3 is 11.7 Å². The third-order valence-electron chi connectivity index (χ3n) is 7.00. The van der Waals surface area contributed by atoms with Gasteiger partial charge in [-0.25, -0.2) is 9.36 Å². The molecule has 0 bridgehead atoms. The van der Waals surface area contributed by atoms with E-state index in [2.05, 4.69) is 4.90 Å². The molecule has 9 heteroatoms. The lowest BCUT2D eigenvalue weighted by Gasteiger charge is -2.39. The number of carbonyl (C=O) groups is 2. The fourth-order valence-corrected chi connectivity index (χ4v) is 5.22. The Balaban J connectivity index is 1.57. The molecular formula is C27H33N3O6. The second-order valence-corrected chi connectivity index (χ2v) is 9.15. The van der Waals surface area contributed by atoms with Crippen LogP contribution in [-0.4, -0.2) is 59.3 Å². The molecule has 2 atom stereocenters. The van der Waals surface area contributed by atoms with Crippen LogP contribution in [0.1, 0.15) is 56.1 Å². The van der Waals surface area contributed by atoms with Gasteiger partial charge in [-0.15, -0.1) is 0 Å². The van der Waals surface area contributed by atoms with E-state index in [0.29, 0.717) is 30.1 Å². The number of esters is 1. The van der Waals surface area contributed by atoms with Crippen LogP contribution in [0.25, 0.3) is 11.0 Å². The van der Waals surface area contributed by atoms with Crippen molar-refractivity contribution in [1.29, 1.82) is 0 Å². The Hall–Kier alpha value is -3.59. The highest BCUT2D eigenvalue weighted by Crippen LogP contribution is 2.35. The number of fused-ring (bicyclic) bond motifs is 1. The third-order valence-corrected chi connectivity index (χ3v) is 7.00. The van der Waals surface area contributed by atoms with Crippen molar-refractivity contribution >= 4 is 22.9 Å². The van der Waals surface area contributed by atoms with Crippen LogP contribution in [0.15, 0.2) is 47.3 Å². The largest absolute Gasteiger partial charge is 0.493 e. The molecule has 0 aliphatic carbocycles. The molecule has 1 aliphatic heterocycles. The van der Waals surface area contributed by atoms with Crippen molar-refractivity contribution in [2.24, 2.45) is 0 Å². The summed E-state index contributed by atoms with van der Waals surface area (Å²) in [5.74, 6) is 0.519. The molecule has 0 N–H and O–H groups in total. The van der Waals surface area contributed by atoms with Gasteiger partial charge in [0.1, 0.15) is 6.10 Å². The van der Waals surface area contributed by atoms with E-state index in [1.165, 1.54) is 18.4 Å². The first-order chi connectivity index (χ1) is 17.3. The lowest BCUT2D eigenvalue weighted by atomic mass is 9.97. The first-order valence-corrected chi connectivity index (χ1v) is 12.1. The van der Waals surface area contributed by atoms with Crippen LogP contribution in [0.3, 0.4) is 0 Å². The highest BCUT2D eigenvalue weighted by atomic mass is 16.5. The molecule has 4 rings (SSSR count). The molecule has 0 saturated carbocycles. The summed E-state index contributed by atoms with van der Waals surface area (Å²) in [5.41, 5.74) is 1.93. The Morgan fingerprint density at radius 3 is 2.17 bits per heavy atom. The van der Waals surface area contributed by atoms with Crippen LogP contribution < -0.4 is 15.2 Å². The van der Waals surface area contributed by atoms with Crippen molar-refractivity contribution in [3.05, 3.63) is 58.5 Å². The van der Waals surface area contributed by atoms with Crippen molar-refractivity contribution in [2.45, 2.75) is 51.8 Å². The maximum atomic E-state index is 13.2. The molecule has 1 aliphatic rings. The molecule has 1 saturated heterocycles. The minimum atomic E-state index is -0.499.